The minimum Gasteiger partial charge on any atom is -0.458 e. The van der Waals surface area contributed by atoms with Crippen molar-refractivity contribution in [1.82, 2.24) is 10.6 Å². The van der Waals surface area contributed by atoms with Crippen molar-refractivity contribution in [1.29, 1.82) is 0 Å². The molecular formula is C30H37N3O5. The normalized spacial score (nSPS) is 13.7. The van der Waals surface area contributed by atoms with Gasteiger partial charge in [-0.05, 0) is 68.5 Å². The highest BCUT2D eigenvalue weighted by atomic mass is 16.6. The Kier molecular flexibility index (Phi) is 9.47. The van der Waals surface area contributed by atoms with Crippen molar-refractivity contribution >= 4 is 28.7 Å². The van der Waals surface area contributed by atoms with Gasteiger partial charge in [0.1, 0.15) is 12.2 Å². The molecule has 0 fully saturated rings. The second-order valence-corrected chi connectivity index (χ2v) is 10.4. The molecule has 2 atom stereocenters. The maximum absolute atomic E-state index is 13.4. The number of ether oxygens (including phenoxy) is 2. The number of nitrogens with two attached hydrogens (primary N) is 1. The molecule has 3 aromatic rings. The zero-order valence-electron chi connectivity index (χ0n) is 22.5. The monoisotopic (exact) mass is 519 g/mol. The van der Waals surface area contributed by atoms with Crippen molar-refractivity contribution in [3.8, 4) is 0 Å². The van der Waals surface area contributed by atoms with Crippen LogP contribution in [0.4, 0.5) is 4.79 Å². The number of carbonyl (C=O) groups is 3. The van der Waals surface area contributed by atoms with Crippen molar-refractivity contribution in [2.24, 2.45) is 5.73 Å². The van der Waals surface area contributed by atoms with Crippen LogP contribution in [0, 0.1) is 0 Å². The molecule has 3 aromatic carbocycles. The van der Waals surface area contributed by atoms with E-state index in [1.807, 2.05) is 79.7 Å². The highest BCUT2D eigenvalue weighted by Crippen LogP contribution is 2.23. The first kappa shape index (κ1) is 28.7. The predicted octanol–water partition coefficient (Wildman–Crippen LogP) is 4.76. The van der Waals surface area contributed by atoms with Gasteiger partial charge in [-0.1, -0.05) is 66.7 Å². The zero-order valence-corrected chi connectivity index (χ0v) is 22.5. The number of nitrogens with one attached hydrogen (secondary N) is 2. The topological polar surface area (TPSA) is 120 Å². The van der Waals surface area contributed by atoms with E-state index in [1.54, 1.807) is 20.8 Å². The molecular weight excluding hydrogens is 482 g/mol. The summed E-state index contributed by atoms with van der Waals surface area (Å²) in [5, 5.41) is 7.65. The first-order valence-corrected chi connectivity index (χ1v) is 12.7. The Hall–Kier alpha value is -3.91. The highest BCUT2D eigenvalue weighted by molar-refractivity contribution is 6.07. The zero-order chi connectivity index (χ0) is 27.8. The minimum absolute atomic E-state index is 0.0306. The van der Waals surface area contributed by atoms with Crippen molar-refractivity contribution in [2.45, 2.75) is 64.3 Å². The summed E-state index contributed by atoms with van der Waals surface area (Å²) in [6.07, 6.45) is -0.367. The molecule has 202 valence electrons. The van der Waals surface area contributed by atoms with E-state index >= 15 is 0 Å². The third-order valence-corrected chi connectivity index (χ3v) is 6.02. The van der Waals surface area contributed by atoms with Gasteiger partial charge in [-0.15, -0.1) is 0 Å². The number of esters is 1. The second kappa shape index (κ2) is 12.6. The van der Waals surface area contributed by atoms with E-state index in [9.17, 15) is 14.4 Å². The maximum atomic E-state index is 13.4. The molecule has 8 nitrogen and oxygen atoms in total. The van der Waals surface area contributed by atoms with Gasteiger partial charge in [0.05, 0.1) is 6.04 Å². The predicted molar refractivity (Wildman–Crippen MR) is 147 cm³/mol. The van der Waals surface area contributed by atoms with Gasteiger partial charge >= 0.3 is 12.1 Å². The average molecular weight is 520 g/mol. The van der Waals surface area contributed by atoms with E-state index in [2.05, 4.69) is 10.6 Å². The summed E-state index contributed by atoms with van der Waals surface area (Å²) in [7, 11) is 0. The molecule has 2 amide bonds. The lowest BCUT2D eigenvalue weighted by molar-refractivity contribution is -0.165. The summed E-state index contributed by atoms with van der Waals surface area (Å²) in [5.74, 6) is -1.46. The Balaban J connectivity index is 1.62. The molecule has 0 unspecified atom stereocenters. The highest BCUT2D eigenvalue weighted by Gasteiger charge is 2.45. The Morgan fingerprint density at radius 1 is 0.921 bits per heavy atom. The smallest absolute Gasteiger partial charge is 0.407 e. The molecule has 0 spiro atoms. The summed E-state index contributed by atoms with van der Waals surface area (Å²) in [6, 6.07) is 22.8. The van der Waals surface area contributed by atoms with Crippen LogP contribution in [0.1, 0.15) is 57.7 Å². The average Bonchev–Trinajstić information content (AvgIpc) is 2.89. The SMILES string of the molecule is C[C@H](NC(=O)[C@](N)(CCCNC(=O)OCc1ccccc1)C(=O)OC(C)(C)C)c1ccc2ccccc2c1. The summed E-state index contributed by atoms with van der Waals surface area (Å²) in [4.78, 5) is 38.5. The maximum Gasteiger partial charge on any atom is 0.407 e. The van der Waals surface area contributed by atoms with Gasteiger partial charge in [0.2, 0.25) is 0 Å². The Labute approximate surface area is 223 Å². The van der Waals surface area contributed by atoms with Crippen LogP contribution in [-0.2, 0) is 25.7 Å². The van der Waals surface area contributed by atoms with E-state index in [0.717, 1.165) is 21.9 Å². The minimum atomic E-state index is -1.94. The molecule has 0 aliphatic heterocycles. The number of hydrogen-bond acceptors (Lipinski definition) is 6. The van der Waals surface area contributed by atoms with Gasteiger partial charge in [0.15, 0.2) is 5.54 Å². The number of alkyl carbamates (subject to hydrolysis) is 1. The molecule has 0 heterocycles. The fourth-order valence-electron chi connectivity index (χ4n) is 3.90. The van der Waals surface area contributed by atoms with Crippen molar-refractivity contribution < 1.29 is 23.9 Å². The van der Waals surface area contributed by atoms with Crippen molar-refractivity contribution in [3.63, 3.8) is 0 Å². The van der Waals surface area contributed by atoms with Gasteiger partial charge in [-0.25, -0.2) is 9.59 Å². The molecule has 0 aliphatic carbocycles. The molecule has 38 heavy (non-hydrogen) atoms. The quantitative estimate of drug-likeness (QED) is 0.202. The third kappa shape index (κ3) is 8.05. The van der Waals surface area contributed by atoms with Crippen molar-refractivity contribution in [3.05, 3.63) is 83.9 Å². The number of rotatable bonds is 10. The third-order valence-electron chi connectivity index (χ3n) is 6.02. The number of benzene rings is 3. The summed E-state index contributed by atoms with van der Waals surface area (Å²) in [5.41, 5.74) is 5.41. The van der Waals surface area contributed by atoms with Gasteiger partial charge in [0, 0.05) is 6.54 Å². The molecule has 0 bridgehead atoms. The van der Waals surface area contributed by atoms with Crippen LogP contribution in [0.25, 0.3) is 10.8 Å². The number of hydrogen-bond donors (Lipinski definition) is 3. The molecule has 0 saturated heterocycles. The summed E-state index contributed by atoms with van der Waals surface area (Å²) in [6.45, 7) is 7.28. The lowest BCUT2D eigenvalue weighted by Crippen LogP contribution is -2.61. The van der Waals surface area contributed by atoms with Gasteiger partial charge in [-0.2, -0.15) is 0 Å². The van der Waals surface area contributed by atoms with Crippen LogP contribution in [0.3, 0.4) is 0 Å². The number of carbonyl (C=O) groups excluding carboxylic acids is 3. The Morgan fingerprint density at radius 2 is 1.58 bits per heavy atom. The van der Waals surface area contributed by atoms with Crippen LogP contribution >= 0.6 is 0 Å². The Morgan fingerprint density at radius 3 is 2.26 bits per heavy atom. The fourth-order valence-corrected chi connectivity index (χ4v) is 3.90. The molecule has 0 saturated carbocycles. The molecule has 0 aliphatic rings. The van der Waals surface area contributed by atoms with E-state index < -0.39 is 35.2 Å². The largest absolute Gasteiger partial charge is 0.458 e. The molecule has 4 N–H and O–H groups in total. The number of fused-ring (bicyclic) bond motifs is 1. The molecule has 8 heteroatoms. The van der Waals surface area contributed by atoms with E-state index in [-0.39, 0.29) is 26.0 Å². The Bertz CT molecular complexity index is 1260. The molecule has 0 radical (unpaired) electrons. The van der Waals surface area contributed by atoms with Gasteiger partial charge in [0.25, 0.3) is 5.91 Å². The summed E-state index contributed by atoms with van der Waals surface area (Å²) >= 11 is 0. The van der Waals surface area contributed by atoms with E-state index in [0.29, 0.717) is 0 Å². The second-order valence-electron chi connectivity index (χ2n) is 10.4. The van der Waals surface area contributed by atoms with Gasteiger partial charge < -0.3 is 25.8 Å². The van der Waals surface area contributed by atoms with Crippen molar-refractivity contribution in [2.75, 3.05) is 6.54 Å². The van der Waals surface area contributed by atoms with Crippen LogP contribution < -0.4 is 16.4 Å². The fraction of sp³-hybridized carbons (Fsp3) is 0.367. The first-order chi connectivity index (χ1) is 18.0. The first-order valence-electron chi connectivity index (χ1n) is 12.7. The summed E-state index contributed by atoms with van der Waals surface area (Å²) < 4.78 is 10.7. The molecule has 0 aromatic heterocycles. The van der Waals surface area contributed by atoms with E-state index in [4.69, 9.17) is 15.2 Å². The van der Waals surface area contributed by atoms with Crippen LogP contribution in [-0.4, -0.2) is 35.7 Å². The lowest BCUT2D eigenvalue weighted by Gasteiger charge is -2.31. The standard InChI is InChI=1S/C30H37N3O5/c1-21(24-16-15-23-13-8-9-14-25(23)19-24)33-26(34)30(31,27(35)38-29(2,3)4)17-10-18-32-28(36)37-20-22-11-6-5-7-12-22/h5-9,11-16,19,21H,10,17-18,20,31H2,1-4H3,(H,32,36)(H,33,34)/t21-,30+/m0/s1. The van der Waals surface area contributed by atoms with Crippen LogP contribution in [0.15, 0.2) is 72.8 Å². The molecule has 3 rings (SSSR count). The number of amides is 2. The lowest BCUT2D eigenvalue weighted by atomic mass is 9.92. The van der Waals surface area contributed by atoms with Crippen LogP contribution in [0.5, 0.6) is 0 Å². The van der Waals surface area contributed by atoms with Crippen LogP contribution in [0.2, 0.25) is 0 Å². The van der Waals surface area contributed by atoms with E-state index in [1.165, 1.54) is 0 Å². The van der Waals surface area contributed by atoms with Gasteiger partial charge in [-0.3, -0.25) is 4.79 Å².